The summed E-state index contributed by atoms with van der Waals surface area (Å²) in [5, 5.41) is 4.13. The molecule has 0 aliphatic carbocycles. The van der Waals surface area contributed by atoms with E-state index in [2.05, 4.69) is 34.1 Å². The number of benzene rings is 1. The summed E-state index contributed by atoms with van der Waals surface area (Å²) in [7, 11) is 0. The van der Waals surface area contributed by atoms with Gasteiger partial charge in [0.1, 0.15) is 11.5 Å². The first-order valence-electron chi connectivity index (χ1n) is 8.99. The number of aryl methyl sites for hydroxylation is 1. The normalized spacial score (nSPS) is 11.3. The van der Waals surface area contributed by atoms with Crippen LogP contribution in [0.5, 0.6) is 0 Å². The van der Waals surface area contributed by atoms with Crippen molar-refractivity contribution in [2.45, 2.75) is 33.0 Å². The quantitative estimate of drug-likeness (QED) is 0.452. The number of nitrogens with zero attached hydrogens (tertiary/aromatic N) is 3. The van der Waals surface area contributed by atoms with Crippen molar-refractivity contribution in [1.82, 2.24) is 15.0 Å². The second-order valence-corrected chi connectivity index (χ2v) is 6.37. The summed E-state index contributed by atoms with van der Waals surface area (Å²) < 4.78 is 16.4. The van der Waals surface area contributed by atoms with E-state index >= 15 is 0 Å². The SMILES string of the molecule is CCc1ccc(-c2noc(CN(Cc3ccco3)Cc3ccco3)n2)cc1. The van der Waals surface area contributed by atoms with Gasteiger partial charge in [-0.1, -0.05) is 36.3 Å². The zero-order chi connectivity index (χ0) is 18.5. The molecule has 0 N–H and O–H groups in total. The third-order valence-electron chi connectivity index (χ3n) is 4.37. The average Bonchev–Trinajstić information content (AvgIpc) is 3.45. The molecule has 27 heavy (non-hydrogen) atoms. The molecule has 6 nitrogen and oxygen atoms in total. The van der Waals surface area contributed by atoms with E-state index in [1.807, 2.05) is 36.4 Å². The lowest BCUT2D eigenvalue weighted by Gasteiger charge is -2.17. The molecule has 0 unspecified atom stereocenters. The van der Waals surface area contributed by atoms with Gasteiger partial charge in [-0.05, 0) is 36.2 Å². The third kappa shape index (κ3) is 4.35. The molecule has 3 heterocycles. The Balaban J connectivity index is 1.49. The van der Waals surface area contributed by atoms with Crippen LogP contribution < -0.4 is 0 Å². The van der Waals surface area contributed by atoms with Gasteiger partial charge >= 0.3 is 0 Å². The van der Waals surface area contributed by atoms with E-state index in [1.165, 1.54) is 5.56 Å². The molecule has 0 spiro atoms. The van der Waals surface area contributed by atoms with E-state index in [0.29, 0.717) is 31.3 Å². The third-order valence-corrected chi connectivity index (χ3v) is 4.37. The fraction of sp³-hybridized carbons (Fsp3) is 0.238. The molecule has 0 amide bonds. The summed E-state index contributed by atoms with van der Waals surface area (Å²) in [6, 6.07) is 15.9. The molecular formula is C21H21N3O3. The molecule has 0 fully saturated rings. The largest absolute Gasteiger partial charge is 0.468 e. The Hall–Kier alpha value is -3.12. The average molecular weight is 363 g/mol. The van der Waals surface area contributed by atoms with Crippen molar-refractivity contribution in [3.8, 4) is 11.4 Å². The highest BCUT2D eigenvalue weighted by Crippen LogP contribution is 2.19. The van der Waals surface area contributed by atoms with Crippen molar-refractivity contribution in [3.05, 3.63) is 84.0 Å². The van der Waals surface area contributed by atoms with Crippen molar-refractivity contribution in [2.75, 3.05) is 0 Å². The molecular weight excluding hydrogens is 342 g/mol. The lowest BCUT2D eigenvalue weighted by Crippen LogP contribution is -2.22. The molecule has 0 radical (unpaired) electrons. The second-order valence-electron chi connectivity index (χ2n) is 6.37. The molecule has 0 aliphatic heterocycles. The first-order valence-corrected chi connectivity index (χ1v) is 8.99. The van der Waals surface area contributed by atoms with Gasteiger partial charge in [0, 0.05) is 5.56 Å². The van der Waals surface area contributed by atoms with Crippen LogP contribution in [0.1, 0.15) is 29.9 Å². The lowest BCUT2D eigenvalue weighted by atomic mass is 10.1. The maximum absolute atomic E-state index is 5.48. The van der Waals surface area contributed by atoms with Crippen LogP contribution in [0.15, 0.2) is 74.4 Å². The molecule has 3 aromatic heterocycles. The smallest absolute Gasteiger partial charge is 0.241 e. The zero-order valence-corrected chi connectivity index (χ0v) is 15.2. The standard InChI is InChI=1S/C21H21N3O3/c1-2-16-7-9-17(10-8-16)21-22-20(27-23-21)15-24(13-18-5-3-11-25-18)14-19-6-4-12-26-19/h3-12H,2,13-15H2,1H3. The van der Waals surface area contributed by atoms with E-state index in [-0.39, 0.29) is 0 Å². The summed E-state index contributed by atoms with van der Waals surface area (Å²) in [4.78, 5) is 6.69. The number of rotatable bonds is 8. The lowest BCUT2D eigenvalue weighted by molar-refractivity contribution is 0.183. The summed E-state index contributed by atoms with van der Waals surface area (Å²) in [6.45, 7) is 3.88. The number of hydrogen-bond acceptors (Lipinski definition) is 6. The number of hydrogen-bond donors (Lipinski definition) is 0. The van der Waals surface area contributed by atoms with Crippen molar-refractivity contribution in [1.29, 1.82) is 0 Å². The maximum Gasteiger partial charge on any atom is 0.241 e. The van der Waals surface area contributed by atoms with E-state index in [0.717, 1.165) is 23.5 Å². The summed E-state index contributed by atoms with van der Waals surface area (Å²) in [6.07, 6.45) is 4.35. The molecule has 4 rings (SSSR count). The Morgan fingerprint density at radius 2 is 1.52 bits per heavy atom. The van der Waals surface area contributed by atoms with Gasteiger partial charge in [-0.2, -0.15) is 4.98 Å². The minimum absolute atomic E-state index is 0.501. The Morgan fingerprint density at radius 1 is 0.852 bits per heavy atom. The predicted molar refractivity (Wildman–Crippen MR) is 99.5 cm³/mol. The van der Waals surface area contributed by atoms with Crippen LogP contribution in [0.4, 0.5) is 0 Å². The van der Waals surface area contributed by atoms with Gasteiger partial charge < -0.3 is 13.4 Å². The first kappa shape index (κ1) is 17.3. The van der Waals surface area contributed by atoms with Gasteiger partial charge in [0.2, 0.25) is 11.7 Å². The molecule has 0 atom stereocenters. The van der Waals surface area contributed by atoms with Crippen LogP contribution in [-0.4, -0.2) is 15.0 Å². The maximum atomic E-state index is 5.48. The minimum atomic E-state index is 0.501. The van der Waals surface area contributed by atoms with Gasteiger partial charge in [0.05, 0.1) is 32.2 Å². The van der Waals surface area contributed by atoms with Crippen LogP contribution in [0.25, 0.3) is 11.4 Å². The Morgan fingerprint density at radius 3 is 2.07 bits per heavy atom. The van der Waals surface area contributed by atoms with Crippen molar-refractivity contribution >= 4 is 0 Å². The molecule has 0 saturated carbocycles. The van der Waals surface area contributed by atoms with Gasteiger partial charge in [-0.3, -0.25) is 4.90 Å². The molecule has 4 aromatic rings. The van der Waals surface area contributed by atoms with Crippen LogP contribution >= 0.6 is 0 Å². The van der Waals surface area contributed by atoms with Gasteiger partial charge in [-0.25, -0.2) is 0 Å². The molecule has 6 heteroatoms. The van der Waals surface area contributed by atoms with Gasteiger partial charge in [0.15, 0.2) is 0 Å². The Bertz CT molecular complexity index is 905. The van der Waals surface area contributed by atoms with E-state index in [1.54, 1.807) is 12.5 Å². The highest BCUT2D eigenvalue weighted by molar-refractivity contribution is 5.54. The summed E-state index contributed by atoms with van der Waals surface area (Å²) in [5.74, 6) is 2.90. The summed E-state index contributed by atoms with van der Waals surface area (Å²) >= 11 is 0. The van der Waals surface area contributed by atoms with Crippen LogP contribution in [0, 0.1) is 0 Å². The first-order chi connectivity index (χ1) is 13.3. The minimum Gasteiger partial charge on any atom is -0.468 e. The van der Waals surface area contributed by atoms with Crippen LogP contribution in [0.3, 0.4) is 0 Å². The molecule has 1 aromatic carbocycles. The Labute approximate surface area is 157 Å². The van der Waals surface area contributed by atoms with E-state index in [4.69, 9.17) is 13.4 Å². The highest BCUT2D eigenvalue weighted by Gasteiger charge is 2.16. The molecule has 138 valence electrons. The molecule has 0 saturated heterocycles. The second kappa shape index (κ2) is 8.05. The predicted octanol–water partition coefficient (Wildman–Crippen LogP) is 4.69. The van der Waals surface area contributed by atoms with Crippen LogP contribution in [0.2, 0.25) is 0 Å². The van der Waals surface area contributed by atoms with Crippen molar-refractivity contribution in [3.63, 3.8) is 0 Å². The van der Waals surface area contributed by atoms with Crippen molar-refractivity contribution in [2.24, 2.45) is 0 Å². The fourth-order valence-corrected chi connectivity index (χ4v) is 2.93. The molecule has 0 aliphatic rings. The number of aromatic nitrogens is 2. The monoisotopic (exact) mass is 363 g/mol. The van der Waals surface area contributed by atoms with Crippen LogP contribution in [-0.2, 0) is 26.1 Å². The molecule has 0 bridgehead atoms. The highest BCUT2D eigenvalue weighted by atomic mass is 16.5. The van der Waals surface area contributed by atoms with E-state index in [9.17, 15) is 0 Å². The van der Waals surface area contributed by atoms with E-state index < -0.39 is 0 Å². The topological polar surface area (TPSA) is 68.4 Å². The Kier molecular flexibility index (Phi) is 5.16. The van der Waals surface area contributed by atoms with Gasteiger partial charge in [-0.15, -0.1) is 0 Å². The van der Waals surface area contributed by atoms with Gasteiger partial charge in [0.25, 0.3) is 0 Å². The summed E-state index contributed by atoms with van der Waals surface area (Å²) in [5.41, 5.74) is 2.23. The fourth-order valence-electron chi connectivity index (χ4n) is 2.93. The zero-order valence-electron chi connectivity index (χ0n) is 15.2. The van der Waals surface area contributed by atoms with Crippen molar-refractivity contribution < 1.29 is 13.4 Å². The number of furan rings is 2.